The van der Waals surface area contributed by atoms with Crippen molar-refractivity contribution in [2.45, 2.75) is 43.2 Å². The van der Waals surface area contributed by atoms with E-state index in [1.807, 2.05) is 11.4 Å². The van der Waals surface area contributed by atoms with Crippen molar-refractivity contribution in [1.29, 1.82) is 0 Å². The first-order valence-electron chi connectivity index (χ1n) is 12.3. The van der Waals surface area contributed by atoms with Gasteiger partial charge in [0, 0.05) is 24.5 Å². The Bertz CT molecular complexity index is 1320. The highest BCUT2D eigenvalue weighted by atomic mass is 35.5. The number of rotatable bonds is 11. The second-order valence-corrected chi connectivity index (χ2v) is 12.0. The average Bonchev–Trinajstić information content (AvgIpc) is 3.34. The lowest BCUT2D eigenvalue weighted by Crippen LogP contribution is -2.48. The van der Waals surface area contributed by atoms with E-state index in [4.69, 9.17) is 25.8 Å². The lowest BCUT2D eigenvalue weighted by Gasteiger charge is -2.29. The van der Waals surface area contributed by atoms with Gasteiger partial charge in [-0.3, -0.25) is 4.79 Å². The Hall–Kier alpha value is -2.79. The van der Waals surface area contributed by atoms with E-state index in [9.17, 15) is 13.2 Å². The molecule has 1 fully saturated rings. The maximum atomic E-state index is 13.9. The molecule has 1 aromatic heterocycles. The fourth-order valence-corrected chi connectivity index (χ4v) is 6.99. The fraction of sp³-hybridized carbons (Fsp3) is 0.370. The van der Waals surface area contributed by atoms with Gasteiger partial charge in [0.05, 0.1) is 25.7 Å². The minimum absolute atomic E-state index is 0.0226. The summed E-state index contributed by atoms with van der Waals surface area (Å²) >= 11 is 7.75. The van der Waals surface area contributed by atoms with Gasteiger partial charge in [0.25, 0.3) is 0 Å². The summed E-state index contributed by atoms with van der Waals surface area (Å²) in [5, 5.41) is 7.23. The number of sulfonamides is 1. The highest BCUT2D eigenvalue weighted by Crippen LogP contribution is 2.40. The maximum absolute atomic E-state index is 13.9. The Labute approximate surface area is 232 Å². The van der Waals surface area contributed by atoms with Crippen LogP contribution in [0.1, 0.15) is 30.4 Å². The average molecular weight is 579 g/mol. The number of ether oxygens (including phenoxy) is 3. The standard InChI is InChI=1S/C27H31ClN2O6S2/c1-34-24-14-20(15-25(35-2)26(24)36-12-9-19-10-13-37-18-19)17-30(23-8-3-4-11-29-27(23)31)38(32,33)22-7-5-6-21(28)16-22/h5-7,10,13-16,18,23H,3-4,8-9,11-12,17H2,1-2H3,(H,29,31)/t23-/m0/s1. The van der Waals surface area contributed by atoms with Crippen LogP contribution in [0.25, 0.3) is 0 Å². The number of halogens is 1. The van der Waals surface area contributed by atoms with Crippen molar-refractivity contribution in [3.8, 4) is 17.2 Å². The molecule has 8 nitrogen and oxygen atoms in total. The van der Waals surface area contributed by atoms with Gasteiger partial charge < -0.3 is 19.5 Å². The van der Waals surface area contributed by atoms with E-state index in [1.165, 1.54) is 36.2 Å². The first-order chi connectivity index (χ1) is 18.3. The molecule has 38 heavy (non-hydrogen) atoms. The Morgan fingerprint density at radius 3 is 2.50 bits per heavy atom. The van der Waals surface area contributed by atoms with Crippen LogP contribution in [0.15, 0.2) is 58.1 Å². The van der Waals surface area contributed by atoms with Gasteiger partial charge in [-0.2, -0.15) is 15.6 Å². The predicted molar refractivity (Wildman–Crippen MR) is 148 cm³/mol. The molecular formula is C27H31ClN2O6S2. The molecule has 2 heterocycles. The summed E-state index contributed by atoms with van der Waals surface area (Å²) in [4.78, 5) is 13.0. The molecular weight excluding hydrogens is 548 g/mol. The van der Waals surface area contributed by atoms with Crippen LogP contribution in [-0.2, 0) is 27.8 Å². The number of benzene rings is 2. The summed E-state index contributed by atoms with van der Waals surface area (Å²) in [6.45, 7) is 0.856. The lowest BCUT2D eigenvalue weighted by atomic mass is 10.1. The third-order valence-corrected chi connectivity index (χ3v) is 9.15. The lowest BCUT2D eigenvalue weighted by molar-refractivity contribution is -0.124. The van der Waals surface area contributed by atoms with E-state index in [0.29, 0.717) is 53.8 Å². The zero-order chi connectivity index (χ0) is 27.1. The monoisotopic (exact) mass is 578 g/mol. The molecule has 1 atom stereocenters. The second kappa shape index (κ2) is 12.8. The molecule has 1 aliphatic rings. The molecule has 11 heteroatoms. The maximum Gasteiger partial charge on any atom is 0.244 e. The first kappa shape index (κ1) is 28.2. The number of carbonyl (C=O) groups is 1. The molecule has 3 aromatic rings. The van der Waals surface area contributed by atoms with Crippen molar-refractivity contribution in [3.63, 3.8) is 0 Å². The van der Waals surface area contributed by atoms with Gasteiger partial charge in [-0.05, 0) is 77.5 Å². The van der Waals surface area contributed by atoms with Crippen LogP contribution >= 0.6 is 22.9 Å². The molecule has 0 spiro atoms. The predicted octanol–water partition coefficient (Wildman–Crippen LogP) is 4.90. The number of nitrogens with zero attached hydrogens (tertiary/aromatic N) is 1. The van der Waals surface area contributed by atoms with E-state index >= 15 is 0 Å². The summed E-state index contributed by atoms with van der Waals surface area (Å²) in [6, 6.07) is 10.7. The van der Waals surface area contributed by atoms with E-state index in [1.54, 1.807) is 35.6 Å². The van der Waals surface area contributed by atoms with Gasteiger partial charge in [0.1, 0.15) is 6.04 Å². The minimum atomic E-state index is -4.08. The Kier molecular flexibility index (Phi) is 9.54. The van der Waals surface area contributed by atoms with Crippen LogP contribution in [0.4, 0.5) is 0 Å². The second-order valence-electron chi connectivity index (χ2n) is 8.87. The summed E-state index contributed by atoms with van der Waals surface area (Å²) in [5.41, 5.74) is 1.76. The summed E-state index contributed by atoms with van der Waals surface area (Å²) in [6.07, 6.45) is 2.63. The minimum Gasteiger partial charge on any atom is -0.493 e. The van der Waals surface area contributed by atoms with Crippen LogP contribution in [0, 0.1) is 0 Å². The quantitative estimate of drug-likeness (QED) is 0.348. The fourth-order valence-electron chi connectivity index (χ4n) is 4.38. The molecule has 0 aliphatic carbocycles. The third kappa shape index (κ3) is 6.61. The molecule has 1 saturated heterocycles. The zero-order valence-electron chi connectivity index (χ0n) is 21.3. The number of hydrogen-bond donors (Lipinski definition) is 1. The van der Waals surface area contributed by atoms with Crippen LogP contribution in [0.3, 0.4) is 0 Å². The van der Waals surface area contributed by atoms with Crippen molar-refractivity contribution in [2.24, 2.45) is 0 Å². The molecule has 1 amide bonds. The van der Waals surface area contributed by atoms with Crippen molar-refractivity contribution >= 4 is 38.9 Å². The molecule has 0 radical (unpaired) electrons. The smallest absolute Gasteiger partial charge is 0.244 e. The molecule has 0 bridgehead atoms. The van der Waals surface area contributed by atoms with Crippen LogP contribution in [-0.4, -0.2) is 52.0 Å². The molecule has 1 N–H and O–H groups in total. The van der Waals surface area contributed by atoms with Gasteiger partial charge in [-0.25, -0.2) is 8.42 Å². The summed E-state index contributed by atoms with van der Waals surface area (Å²) in [7, 11) is -1.05. The van der Waals surface area contributed by atoms with E-state index in [2.05, 4.69) is 10.7 Å². The van der Waals surface area contributed by atoms with Crippen molar-refractivity contribution in [3.05, 3.63) is 69.4 Å². The topological polar surface area (TPSA) is 94.2 Å². The summed E-state index contributed by atoms with van der Waals surface area (Å²) in [5.74, 6) is 0.941. The van der Waals surface area contributed by atoms with Crippen molar-refractivity contribution in [2.75, 3.05) is 27.4 Å². The van der Waals surface area contributed by atoms with E-state index < -0.39 is 16.1 Å². The van der Waals surface area contributed by atoms with Crippen LogP contribution in [0.5, 0.6) is 17.2 Å². The van der Waals surface area contributed by atoms with E-state index in [0.717, 1.165) is 12.8 Å². The SMILES string of the molecule is COc1cc(CN([C@H]2CCCCNC2=O)S(=O)(=O)c2cccc(Cl)c2)cc(OC)c1OCCc1ccsc1. The number of amides is 1. The Morgan fingerprint density at radius 2 is 1.84 bits per heavy atom. The Morgan fingerprint density at radius 1 is 1.08 bits per heavy atom. The number of hydrogen-bond acceptors (Lipinski definition) is 7. The van der Waals surface area contributed by atoms with Gasteiger partial charge >= 0.3 is 0 Å². The van der Waals surface area contributed by atoms with Gasteiger partial charge in [0.15, 0.2) is 11.5 Å². The number of thiophene rings is 1. The molecule has 204 valence electrons. The highest BCUT2D eigenvalue weighted by Gasteiger charge is 2.37. The van der Waals surface area contributed by atoms with Crippen molar-refractivity contribution in [1.82, 2.24) is 9.62 Å². The van der Waals surface area contributed by atoms with Crippen LogP contribution in [0.2, 0.25) is 5.02 Å². The molecule has 1 aliphatic heterocycles. The Balaban J connectivity index is 1.68. The molecule has 0 unspecified atom stereocenters. The van der Waals surface area contributed by atoms with Gasteiger partial charge in [-0.1, -0.05) is 17.7 Å². The van der Waals surface area contributed by atoms with Crippen molar-refractivity contribution < 1.29 is 27.4 Å². The molecule has 4 rings (SSSR count). The van der Waals surface area contributed by atoms with Gasteiger partial charge in [0.2, 0.25) is 21.7 Å². The highest BCUT2D eigenvalue weighted by molar-refractivity contribution is 7.89. The number of methoxy groups -OCH3 is 2. The summed E-state index contributed by atoms with van der Waals surface area (Å²) < 4.78 is 46.2. The molecule has 0 saturated carbocycles. The molecule has 2 aromatic carbocycles. The van der Waals surface area contributed by atoms with Gasteiger partial charge in [-0.15, -0.1) is 0 Å². The zero-order valence-corrected chi connectivity index (χ0v) is 23.7. The normalized spacial score (nSPS) is 16.1. The van der Waals surface area contributed by atoms with Crippen LogP contribution < -0.4 is 19.5 Å². The first-order valence-corrected chi connectivity index (χ1v) is 15.0. The number of carbonyl (C=O) groups excluding carboxylic acids is 1. The number of nitrogens with one attached hydrogen (secondary N) is 1. The van der Waals surface area contributed by atoms with E-state index in [-0.39, 0.29) is 17.3 Å². The largest absolute Gasteiger partial charge is 0.493 e. The third-order valence-electron chi connectivity index (χ3n) is 6.33.